The van der Waals surface area contributed by atoms with Gasteiger partial charge in [-0.05, 0) is 36.2 Å². The van der Waals surface area contributed by atoms with Gasteiger partial charge in [0.2, 0.25) is 6.79 Å². The van der Waals surface area contributed by atoms with E-state index in [1.165, 1.54) is 23.1 Å². The van der Waals surface area contributed by atoms with Crippen LogP contribution < -0.4 is 24.4 Å². The van der Waals surface area contributed by atoms with E-state index < -0.39 is 33.2 Å². The summed E-state index contributed by atoms with van der Waals surface area (Å²) >= 11 is 12.0. The fourth-order valence-corrected chi connectivity index (χ4v) is 5.80. The maximum atomic E-state index is 12.8. The minimum absolute atomic E-state index is 0.104. The predicted octanol–water partition coefficient (Wildman–Crippen LogP) is 3.78. The molecule has 1 aliphatic rings. The Morgan fingerprint density at radius 2 is 1.69 bits per heavy atom. The monoisotopic (exact) mass is 551 g/mol. The first kappa shape index (κ1) is 25.9. The molecule has 0 aliphatic carbocycles. The van der Waals surface area contributed by atoms with E-state index in [2.05, 4.69) is 5.32 Å². The third kappa shape index (κ3) is 5.79. The molecule has 1 heterocycles. The van der Waals surface area contributed by atoms with Crippen LogP contribution in [-0.4, -0.2) is 45.7 Å². The van der Waals surface area contributed by atoms with E-state index >= 15 is 0 Å². The number of nitrogens with zero attached hydrogens (tertiary/aromatic N) is 1. The number of hydrogen-bond donors (Lipinski definition) is 3. The Labute approximate surface area is 218 Å². The lowest BCUT2D eigenvalue weighted by molar-refractivity contribution is 0.129. The van der Waals surface area contributed by atoms with Crippen LogP contribution in [0, 0.1) is 0 Å². The molecule has 0 saturated carbocycles. The lowest BCUT2D eigenvalue weighted by atomic mass is 10.0. The summed E-state index contributed by atoms with van der Waals surface area (Å²) in [5.74, 6) is 1.11. The number of fused-ring (bicyclic) bond motifs is 1. The molecule has 0 saturated heterocycles. The molecule has 4 rings (SSSR count). The number of sulfonamides is 1. The Morgan fingerprint density at radius 3 is 2.39 bits per heavy atom. The zero-order chi connectivity index (χ0) is 25.9. The number of amides is 2. The van der Waals surface area contributed by atoms with Crippen molar-refractivity contribution in [3.63, 3.8) is 0 Å². The van der Waals surface area contributed by atoms with Gasteiger partial charge >= 0.3 is 6.03 Å². The van der Waals surface area contributed by atoms with Gasteiger partial charge in [-0.1, -0.05) is 59.6 Å². The molecule has 9 nitrogen and oxygen atoms in total. The molecule has 190 valence electrons. The van der Waals surface area contributed by atoms with Gasteiger partial charge in [-0.2, -0.15) is 0 Å². The highest BCUT2D eigenvalue weighted by atomic mass is 35.5. The summed E-state index contributed by atoms with van der Waals surface area (Å²) in [7, 11) is -2.76. The number of carbonyl (C=O) groups is 1. The summed E-state index contributed by atoms with van der Waals surface area (Å²) in [6.07, 6.45) is -1.04. The molecular formula is C24H23Cl2N3O6S. The van der Waals surface area contributed by atoms with Gasteiger partial charge in [-0.25, -0.2) is 17.9 Å². The smallest absolute Gasteiger partial charge is 0.329 e. The number of aliphatic hydroxyl groups excluding tert-OH is 1. The lowest BCUT2D eigenvalue weighted by Gasteiger charge is -2.33. The quantitative estimate of drug-likeness (QED) is 0.364. The maximum Gasteiger partial charge on any atom is 0.329 e. The largest absolute Gasteiger partial charge is 0.454 e. The fraction of sp³-hybridized carbons (Fsp3) is 0.208. The van der Waals surface area contributed by atoms with Gasteiger partial charge in [0.15, 0.2) is 11.5 Å². The summed E-state index contributed by atoms with van der Waals surface area (Å²) in [6, 6.07) is 16.5. The molecule has 0 bridgehead atoms. The maximum absolute atomic E-state index is 12.8. The van der Waals surface area contributed by atoms with Crippen LogP contribution in [0.2, 0.25) is 10.0 Å². The van der Waals surface area contributed by atoms with Crippen molar-refractivity contribution in [3.8, 4) is 11.5 Å². The van der Waals surface area contributed by atoms with Gasteiger partial charge in [0.1, 0.15) is 11.1 Å². The molecule has 3 N–H and O–H groups in total. The molecule has 2 amide bonds. The molecule has 3 aromatic rings. The average Bonchev–Trinajstić information content (AvgIpc) is 3.30. The average molecular weight is 552 g/mol. The zero-order valence-corrected chi connectivity index (χ0v) is 21.3. The molecule has 12 heteroatoms. The first-order chi connectivity index (χ1) is 17.2. The summed E-state index contributed by atoms with van der Waals surface area (Å²) < 4.78 is 38.3. The molecule has 0 spiro atoms. The van der Waals surface area contributed by atoms with Crippen molar-refractivity contribution in [1.82, 2.24) is 10.0 Å². The molecule has 0 aromatic heterocycles. The van der Waals surface area contributed by atoms with Crippen molar-refractivity contribution in [2.75, 3.05) is 18.7 Å². The number of anilines is 1. The molecule has 2 atom stereocenters. The van der Waals surface area contributed by atoms with Crippen molar-refractivity contribution in [1.29, 1.82) is 0 Å². The third-order valence-electron chi connectivity index (χ3n) is 5.55. The van der Waals surface area contributed by atoms with E-state index in [-0.39, 0.29) is 23.3 Å². The lowest BCUT2D eigenvalue weighted by Crippen LogP contribution is -2.55. The predicted molar refractivity (Wildman–Crippen MR) is 136 cm³/mol. The molecule has 0 fully saturated rings. The molecule has 1 aliphatic heterocycles. The van der Waals surface area contributed by atoms with Gasteiger partial charge in [-0.3, -0.25) is 0 Å². The first-order valence-corrected chi connectivity index (χ1v) is 13.0. The van der Waals surface area contributed by atoms with Crippen LogP contribution in [0.4, 0.5) is 10.5 Å². The van der Waals surface area contributed by atoms with Crippen LogP contribution >= 0.6 is 23.2 Å². The van der Waals surface area contributed by atoms with Gasteiger partial charge in [-0.15, -0.1) is 0 Å². The van der Waals surface area contributed by atoms with E-state index in [1.807, 2.05) is 35.1 Å². The van der Waals surface area contributed by atoms with Crippen molar-refractivity contribution in [3.05, 3.63) is 82.3 Å². The van der Waals surface area contributed by atoms with E-state index in [0.717, 1.165) is 5.56 Å². The topological polar surface area (TPSA) is 117 Å². The summed E-state index contributed by atoms with van der Waals surface area (Å²) in [5, 5.41) is 13.5. The number of ether oxygens (including phenoxy) is 2. The molecule has 3 aromatic carbocycles. The highest BCUT2D eigenvalue weighted by Crippen LogP contribution is 2.35. The van der Waals surface area contributed by atoms with Crippen LogP contribution in [0.5, 0.6) is 11.5 Å². The second-order valence-electron chi connectivity index (χ2n) is 7.99. The van der Waals surface area contributed by atoms with Gasteiger partial charge in [0.25, 0.3) is 10.0 Å². The molecule has 0 radical (unpaired) electrons. The summed E-state index contributed by atoms with van der Waals surface area (Å²) in [4.78, 5) is 13.9. The summed E-state index contributed by atoms with van der Waals surface area (Å²) in [5.41, 5.74) is 1.42. The second kappa shape index (κ2) is 10.8. The van der Waals surface area contributed by atoms with Crippen molar-refractivity contribution in [2.45, 2.75) is 23.6 Å². The first-order valence-electron chi connectivity index (χ1n) is 10.8. The van der Waals surface area contributed by atoms with Crippen molar-refractivity contribution in [2.24, 2.45) is 0 Å². The Balaban J connectivity index is 1.55. The standard InChI is InChI=1S/C24H23Cl2N3O6S/c1-29(16-10-11-20-21(13-16)35-14-34-20)23(30)19(12-15-6-3-2-4-7-15)27-24(31)28-36(32,33)22-17(25)8-5-9-18(22)26/h2-11,13,19,23,30H,12,14H2,1H3,(H2,27,28,31). The molecular weight excluding hydrogens is 529 g/mol. The highest BCUT2D eigenvalue weighted by molar-refractivity contribution is 7.90. The Morgan fingerprint density at radius 1 is 1.03 bits per heavy atom. The van der Waals surface area contributed by atoms with Crippen molar-refractivity contribution >= 4 is 44.9 Å². The SMILES string of the molecule is CN(c1ccc2c(c1)OCO2)C(O)C(Cc1ccccc1)NC(=O)NS(=O)(=O)c1c(Cl)cccc1Cl. The number of benzene rings is 3. The van der Waals surface area contributed by atoms with E-state index in [4.69, 9.17) is 32.7 Å². The Hall–Kier alpha value is -3.18. The number of urea groups is 1. The van der Waals surface area contributed by atoms with Gasteiger partial charge in [0, 0.05) is 18.8 Å². The van der Waals surface area contributed by atoms with Gasteiger partial charge < -0.3 is 24.8 Å². The normalized spacial score (nSPS) is 14.1. The zero-order valence-electron chi connectivity index (χ0n) is 19.0. The number of hydrogen-bond acceptors (Lipinski definition) is 7. The summed E-state index contributed by atoms with van der Waals surface area (Å²) in [6.45, 7) is 0.104. The van der Waals surface area contributed by atoms with Crippen LogP contribution in [-0.2, 0) is 16.4 Å². The minimum atomic E-state index is -4.40. The second-order valence-corrected chi connectivity index (χ2v) is 10.4. The molecule has 36 heavy (non-hydrogen) atoms. The Kier molecular flexibility index (Phi) is 7.79. The third-order valence-corrected chi connectivity index (χ3v) is 7.84. The Bertz CT molecular complexity index is 1340. The van der Waals surface area contributed by atoms with Gasteiger partial charge in [0.05, 0.1) is 16.1 Å². The highest BCUT2D eigenvalue weighted by Gasteiger charge is 2.30. The van der Waals surface area contributed by atoms with Crippen LogP contribution in [0.3, 0.4) is 0 Å². The fourth-order valence-electron chi connectivity index (χ4n) is 3.74. The number of likely N-dealkylation sites (N-methyl/N-ethyl adjacent to an activating group) is 1. The van der Waals surface area contributed by atoms with Crippen molar-refractivity contribution < 1.29 is 27.8 Å². The van der Waals surface area contributed by atoms with E-state index in [1.54, 1.807) is 25.2 Å². The number of aliphatic hydroxyl groups is 1. The van der Waals surface area contributed by atoms with Crippen LogP contribution in [0.15, 0.2) is 71.6 Å². The van der Waals surface area contributed by atoms with E-state index in [0.29, 0.717) is 17.2 Å². The van der Waals surface area contributed by atoms with Crippen LogP contribution in [0.1, 0.15) is 5.56 Å². The number of nitrogens with one attached hydrogen (secondary N) is 2. The minimum Gasteiger partial charge on any atom is -0.454 e. The van der Waals surface area contributed by atoms with Crippen LogP contribution in [0.25, 0.3) is 0 Å². The number of rotatable bonds is 8. The number of carbonyl (C=O) groups excluding carboxylic acids is 1. The molecule has 2 unspecified atom stereocenters. The van der Waals surface area contributed by atoms with E-state index in [9.17, 15) is 18.3 Å². The number of halogens is 2.